The normalized spacial score (nSPS) is 15.5. The Kier molecular flexibility index (Phi) is 4.32. The van der Waals surface area contributed by atoms with Crippen LogP contribution in [0.15, 0.2) is 53.3 Å². The van der Waals surface area contributed by atoms with Crippen molar-refractivity contribution in [3.63, 3.8) is 0 Å². The van der Waals surface area contributed by atoms with E-state index in [2.05, 4.69) is 14.9 Å². The number of benzene rings is 2. The van der Waals surface area contributed by atoms with E-state index < -0.39 is 0 Å². The van der Waals surface area contributed by atoms with E-state index in [0.717, 1.165) is 37.2 Å². The lowest BCUT2D eigenvalue weighted by molar-refractivity contribution is 0.170. The molecule has 0 radical (unpaired) electrons. The lowest BCUT2D eigenvalue weighted by Gasteiger charge is -2.32. The van der Waals surface area contributed by atoms with E-state index in [1.54, 1.807) is 6.07 Å². The van der Waals surface area contributed by atoms with Gasteiger partial charge in [-0.25, -0.2) is 4.98 Å². The second-order valence-corrected chi connectivity index (χ2v) is 6.55. The average Bonchev–Trinajstić information content (AvgIpc) is 2.64. The van der Waals surface area contributed by atoms with Crippen LogP contribution in [0.5, 0.6) is 5.75 Å². The Balaban J connectivity index is 1.47. The van der Waals surface area contributed by atoms with E-state index in [1.165, 1.54) is 0 Å². The Morgan fingerprint density at radius 3 is 2.60 bits per heavy atom. The van der Waals surface area contributed by atoms with Gasteiger partial charge in [-0.05, 0) is 24.3 Å². The molecule has 1 N–H and O–H groups in total. The van der Waals surface area contributed by atoms with Gasteiger partial charge in [0, 0.05) is 25.9 Å². The Labute approximate surface area is 150 Å². The van der Waals surface area contributed by atoms with Crippen LogP contribution in [0.1, 0.15) is 12.8 Å². The molecule has 0 amide bonds. The van der Waals surface area contributed by atoms with Gasteiger partial charge in [-0.1, -0.05) is 35.9 Å². The molecule has 0 spiro atoms. The van der Waals surface area contributed by atoms with Crippen LogP contribution in [0.4, 0.5) is 5.95 Å². The van der Waals surface area contributed by atoms with E-state index in [1.807, 2.05) is 42.5 Å². The molecule has 6 heteroatoms. The topological polar surface area (TPSA) is 58.2 Å². The minimum absolute atomic E-state index is 0.102. The molecule has 3 aromatic rings. The highest BCUT2D eigenvalue weighted by atomic mass is 35.5. The first-order valence-electron chi connectivity index (χ1n) is 8.36. The van der Waals surface area contributed by atoms with Crippen LogP contribution >= 0.6 is 11.6 Å². The molecule has 128 valence electrons. The monoisotopic (exact) mass is 355 g/mol. The van der Waals surface area contributed by atoms with E-state index in [0.29, 0.717) is 16.4 Å². The lowest BCUT2D eigenvalue weighted by atomic mass is 10.1. The second kappa shape index (κ2) is 6.76. The number of aromatic nitrogens is 2. The third-order valence-corrected chi connectivity index (χ3v) is 4.78. The number of H-pyrrole nitrogens is 1. The maximum atomic E-state index is 12.2. The van der Waals surface area contributed by atoms with Gasteiger partial charge in [0.15, 0.2) is 0 Å². The molecule has 0 bridgehead atoms. The van der Waals surface area contributed by atoms with Crippen LogP contribution in [0.25, 0.3) is 10.9 Å². The summed E-state index contributed by atoms with van der Waals surface area (Å²) in [6, 6.07) is 14.9. The third kappa shape index (κ3) is 3.33. The lowest BCUT2D eigenvalue weighted by Crippen LogP contribution is -2.39. The van der Waals surface area contributed by atoms with Gasteiger partial charge in [0.1, 0.15) is 11.9 Å². The molecule has 1 saturated heterocycles. The standard InChI is InChI=1S/C19H18ClN3O2/c20-15-6-2-4-8-17(15)25-13-9-11-23(12-10-13)19-21-16-7-3-1-5-14(16)18(24)22-19/h1-8,13H,9-12H2,(H,21,22,24). The molecule has 2 aromatic carbocycles. The molecule has 5 nitrogen and oxygen atoms in total. The van der Waals surface area contributed by atoms with Gasteiger partial charge in [-0.2, -0.15) is 0 Å². The summed E-state index contributed by atoms with van der Waals surface area (Å²) < 4.78 is 6.01. The fourth-order valence-corrected chi connectivity index (χ4v) is 3.31. The first-order valence-corrected chi connectivity index (χ1v) is 8.74. The Morgan fingerprint density at radius 1 is 1.08 bits per heavy atom. The summed E-state index contributed by atoms with van der Waals surface area (Å²) in [4.78, 5) is 21.8. The maximum Gasteiger partial charge on any atom is 0.260 e. The molecule has 1 aliphatic rings. The zero-order chi connectivity index (χ0) is 17.2. The molecule has 25 heavy (non-hydrogen) atoms. The molecular weight excluding hydrogens is 338 g/mol. The highest BCUT2D eigenvalue weighted by Crippen LogP contribution is 2.27. The van der Waals surface area contributed by atoms with Crippen molar-refractivity contribution in [1.82, 2.24) is 9.97 Å². The summed E-state index contributed by atoms with van der Waals surface area (Å²) in [7, 11) is 0. The minimum atomic E-state index is -0.102. The third-order valence-electron chi connectivity index (χ3n) is 4.47. The van der Waals surface area contributed by atoms with E-state index in [-0.39, 0.29) is 11.7 Å². The quantitative estimate of drug-likeness (QED) is 0.779. The number of halogens is 1. The number of anilines is 1. The molecule has 1 aliphatic heterocycles. The average molecular weight is 356 g/mol. The smallest absolute Gasteiger partial charge is 0.260 e. The molecular formula is C19H18ClN3O2. The van der Waals surface area contributed by atoms with Crippen molar-refractivity contribution in [3.05, 3.63) is 63.9 Å². The molecule has 0 unspecified atom stereocenters. The maximum absolute atomic E-state index is 12.2. The number of nitrogens with one attached hydrogen (secondary N) is 1. The number of piperidine rings is 1. The highest BCUT2D eigenvalue weighted by molar-refractivity contribution is 6.32. The van der Waals surface area contributed by atoms with Crippen LogP contribution in [-0.4, -0.2) is 29.2 Å². The zero-order valence-corrected chi connectivity index (χ0v) is 14.4. The summed E-state index contributed by atoms with van der Waals surface area (Å²) >= 11 is 6.16. The Morgan fingerprint density at radius 2 is 1.80 bits per heavy atom. The van der Waals surface area contributed by atoms with Gasteiger partial charge in [0.2, 0.25) is 5.95 Å². The molecule has 0 saturated carbocycles. The van der Waals surface area contributed by atoms with Gasteiger partial charge in [0.05, 0.1) is 15.9 Å². The highest BCUT2D eigenvalue weighted by Gasteiger charge is 2.23. The van der Waals surface area contributed by atoms with Crippen LogP contribution < -0.4 is 15.2 Å². The van der Waals surface area contributed by atoms with E-state index in [4.69, 9.17) is 16.3 Å². The second-order valence-electron chi connectivity index (χ2n) is 6.14. The van der Waals surface area contributed by atoms with Gasteiger partial charge in [-0.3, -0.25) is 9.78 Å². The Bertz CT molecular complexity index is 949. The first kappa shape index (κ1) is 16.0. The number of rotatable bonds is 3. The van der Waals surface area contributed by atoms with Gasteiger partial charge < -0.3 is 9.64 Å². The number of hydrogen-bond donors (Lipinski definition) is 1. The van der Waals surface area contributed by atoms with E-state index >= 15 is 0 Å². The number of fused-ring (bicyclic) bond motifs is 1. The van der Waals surface area contributed by atoms with Crippen molar-refractivity contribution < 1.29 is 4.74 Å². The van der Waals surface area contributed by atoms with Crippen molar-refractivity contribution >= 4 is 28.5 Å². The van der Waals surface area contributed by atoms with Crippen LogP contribution in [-0.2, 0) is 0 Å². The number of nitrogens with zero attached hydrogens (tertiary/aromatic N) is 2. The number of ether oxygens (including phenoxy) is 1. The molecule has 1 fully saturated rings. The number of hydrogen-bond acceptors (Lipinski definition) is 4. The summed E-state index contributed by atoms with van der Waals surface area (Å²) in [6.07, 6.45) is 1.81. The fraction of sp³-hybridized carbons (Fsp3) is 0.263. The van der Waals surface area contributed by atoms with Gasteiger partial charge >= 0.3 is 0 Å². The SMILES string of the molecule is O=c1[nH]c(N2CCC(Oc3ccccc3Cl)CC2)nc2ccccc12. The molecule has 1 aromatic heterocycles. The zero-order valence-electron chi connectivity index (χ0n) is 13.6. The fourth-order valence-electron chi connectivity index (χ4n) is 3.13. The van der Waals surface area contributed by atoms with Crippen molar-refractivity contribution in [2.24, 2.45) is 0 Å². The number of aromatic amines is 1. The largest absolute Gasteiger partial charge is 0.489 e. The number of para-hydroxylation sites is 2. The van der Waals surface area contributed by atoms with Crippen molar-refractivity contribution in [2.75, 3.05) is 18.0 Å². The molecule has 0 atom stereocenters. The first-order chi connectivity index (χ1) is 12.2. The summed E-state index contributed by atoms with van der Waals surface area (Å²) in [6.45, 7) is 1.55. The summed E-state index contributed by atoms with van der Waals surface area (Å²) in [5.41, 5.74) is 0.616. The molecule has 2 heterocycles. The summed E-state index contributed by atoms with van der Waals surface area (Å²) in [5.74, 6) is 1.35. The van der Waals surface area contributed by atoms with Crippen LogP contribution in [0, 0.1) is 0 Å². The summed E-state index contributed by atoms with van der Waals surface area (Å²) in [5, 5.41) is 1.24. The van der Waals surface area contributed by atoms with E-state index in [9.17, 15) is 4.79 Å². The van der Waals surface area contributed by atoms with Crippen LogP contribution in [0.3, 0.4) is 0 Å². The predicted octanol–water partition coefficient (Wildman–Crippen LogP) is 3.62. The van der Waals surface area contributed by atoms with Crippen LogP contribution in [0.2, 0.25) is 5.02 Å². The van der Waals surface area contributed by atoms with Gasteiger partial charge in [-0.15, -0.1) is 0 Å². The van der Waals surface area contributed by atoms with Gasteiger partial charge in [0.25, 0.3) is 5.56 Å². The molecule has 4 rings (SSSR count). The minimum Gasteiger partial charge on any atom is -0.489 e. The van der Waals surface area contributed by atoms with Crippen molar-refractivity contribution in [3.8, 4) is 5.75 Å². The molecule has 0 aliphatic carbocycles. The van der Waals surface area contributed by atoms with Crippen molar-refractivity contribution in [2.45, 2.75) is 18.9 Å². The predicted molar refractivity (Wildman–Crippen MR) is 99.7 cm³/mol. The van der Waals surface area contributed by atoms with Crippen molar-refractivity contribution in [1.29, 1.82) is 0 Å². The Hall–Kier alpha value is -2.53.